The zero-order chi connectivity index (χ0) is 7.14. The van der Waals surface area contributed by atoms with Gasteiger partial charge in [0.05, 0.1) is 6.20 Å². The van der Waals surface area contributed by atoms with Crippen molar-refractivity contribution in [1.29, 1.82) is 0 Å². The number of imidazole rings is 1. The van der Waals surface area contributed by atoms with Crippen LogP contribution in [0.25, 0.3) is 4.96 Å². The van der Waals surface area contributed by atoms with Gasteiger partial charge in [0.1, 0.15) is 9.61 Å². The summed E-state index contributed by atoms with van der Waals surface area (Å²) < 4.78 is 2.61. The van der Waals surface area contributed by atoms with Gasteiger partial charge in [0, 0.05) is 0 Å². The average molecular weight is 218 g/mol. The van der Waals surface area contributed by atoms with Crippen LogP contribution in [-0.2, 0) is 0 Å². The summed E-state index contributed by atoms with van der Waals surface area (Å²) in [4.78, 5) is 5.10. The Hall–Kier alpha value is -0.420. The van der Waals surface area contributed by atoms with Crippen LogP contribution in [0.1, 0.15) is 5.01 Å². The highest BCUT2D eigenvalue weighted by Gasteiger charge is 2.01. The molecule has 0 unspecified atom stereocenters. The van der Waals surface area contributed by atoms with E-state index < -0.39 is 0 Å². The standard InChI is InChI=1S/C5H4BrN3S/c1-3-8-9-2-4(6)7-5(9)10-3/h2H,1H3. The van der Waals surface area contributed by atoms with Gasteiger partial charge in [-0.25, -0.2) is 9.50 Å². The van der Waals surface area contributed by atoms with Gasteiger partial charge in [-0.3, -0.25) is 0 Å². The van der Waals surface area contributed by atoms with Crippen molar-refractivity contribution in [2.24, 2.45) is 0 Å². The van der Waals surface area contributed by atoms with Crippen molar-refractivity contribution in [2.45, 2.75) is 6.92 Å². The summed E-state index contributed by atoms with van der Waals surface area (Å²) in [6, 6.07) is 0. The molecule has 0 amide bonds. The van der Waals surface area contributed by atoms with Gasteiger partial charge in [-0.05, 0) is 22.9 Å². The molecule has 52 valence electrons. The van der Waals surface area contributed by atoms with Gasteiger partial charge in [-0.2, -0.15) is 5.10 Å². The molecular weight excluding hydrogens is 214 g/mol. The van der Waals surface area contributed by atoms with Crippen molar-refractivity contribution in [1.82, 2.24) is 14.6 Å². The van der Waals surface area contributed by atoms with E-state index in [9.17, 15) is 0 Å². The van der Waals surface area contributed by atoms with E-state index in [1.165, 1.54) is 0 Å². The summed E-state index contributed by atoms with van der Waals surface area (Å²) in [5, 5.41) is 5.21. The van der Waals surface area contributed by atoms with Crippen LogP contribution in [-0.4, -0.2) is 14.6 Å². The van der Waals surface area contributed by atoms with Gasteiger partial charge in [0.2, 0.25) is 4.96 Å². The largest absolute Gasteiger partial charge is 0.213 e. The average Bonchev–Trinajstić information content (AvgIpc) is 2.21. The SMILES string of the molecule is Cc1nn2cc(Br)nc2s1. The van der Waals surface area contributed by atoms with Gasteiger partial charge in [0.15, 0.2) is 0 Å². The van der Waals surface area contributed by atoms with Gasteiger partial charge >= 0.3 is 0 Å². The van der Waals surface area contributed by atoms with E-state index in [2.05, 4.69) is 26.0 Å². The third-order valence-corrected chi connectivity index (χ3v) is 2.33. The Morgan fingerprint density at radius 1 is 1.70 bits per heavy atom. The number of fused-ring (bicyclic) bond motifs is 1. The van der Waals surface area contributed by atoms with Gasteiger partial charge in [0.25, 0.3) is 0 Å². The first-order valence-electron chi connectivity index (χ1n) is 2.74. The van der Waals surface area contributed by atoms with Crippen LogP contribution in [0.4, 0.5) is 0 Å². The van der Waals surface area contributed by atoms with Crippen molar-refractivity contribution in [3.8, 4) is 0 Å². The Balaban J connectivity index is 2.83. The van der Waals surface area contributed by atoms with Crippen LogP contribution in [0.15, 0.2) is 10.8 Å². The second-order valence-electron chi connectivity index (χ2n) is 1.91. The minimum atomic E-state index is 0.839. The summed E-state index contributed by atoms with van der Waals surface area (Å²) in [7, 11) is 0. The molecule has 0 spiro atoms. The fourth-order valence-corrected chi connectivity index (χ4v) is 1.98. The number of aryl methyl sites for hydroxylation is 1. The van der Waals surface area contributed by atoms with Crippen molar-refractivity contribution >= 4 is 32.2 Å². The molecule has 2 rings (SSSR count). The second kappa shape index (κ2) is 2.03. The lowest BCUT2D eigenvalue weighted by Crippen LogP contribution is -1.78. The molecule has 2 aromatic rings. The molecule has 0 bridgehead atoms. The lowest BCUT2D eigenvalue weighted by molar-refractivity contribution is 0.945. The van der Waals surface area contributed by atoms with E-state index in [4.69, 9.17) is 0 Å². The van der Waals surface area contributed by atoms with Crippen molar-refractivity contribution in [3.05, 3.63) is 15.8 Å². The summed E-state index contributed by atoms with van der Waals surface area (Å²) in [5.74, 6) is 0. The Bertz CT molecular complexity index is 301. The van der Waals surface area contributed by atoms with Crippen LogP contribution in [0.5, 0.6) is 0 Å². The van der Waals surface area contributed by atoms with Crippen LogP contribution >= 0.6 is 27.3 Å². The molecule has 0 saturated carbocycles. The third kappa shape index (κ3) is 0.856. The Kier molecular flexibility index (Phi) is 1.28. The first-order chi connectivity index (χ1) is 4.75. The predicted octanol–water partition coefficient (Wildman–Crippen LogP) is 1.86. The number of nitrogens with zero attached hydrogens (tertiary/aromatic N) is 3. The summed E-state index contributed by atoms with van der Waals surface area (Å²) in [6.45, 7) is 1.97. The Morgan fingerprint density at radius 2 is 2.50 bits per heavy atom. The molecule has 0 aliphatic rings. The highest BCUT2D eigenvalue weighted by molar-refractivity contribution is 9.10. The van der Waals surface area contributed by atoms with Crippen molar-refractivity contribution in [3.63, 3.8) is 0 Å². The van der Waals surface area contributed by atoms with E-state index >= 15 is 0 Å². The minimum absolute atomic E-state index is 0.839. The zero-order valence-corrected chi connectivity index (χ0v) is 7.61. The van der Waals surface area contributed by atoms with E-state index in [0.29, 0.717) is 0 Å². The summed E-state index contributed by atoms with van der Waals surface area (Å²) in [6.07, 6.45) is 1.85. The predicted molar refractivity (Wildman–Crippen MR) is 43.3 cm³/mol. The molecule has 0 saturated heterocycles. The minimum Gasteiger partial charge on any atom is -0.210 e. The van der Waals surface area contributed by atoms with Gasteiger partial charge < -0.3 is 0 Å². The van der Waals surface area contributed by atoms with E-state index in [1.54, 1.807) is 15.9 Å². The number of halogens is 1. The Labute approximate surface area is 69.8 Å². The molecule has 5 heteroatoms. The van der Waals surface area contributed by atoms with Gasteiger partial charge in [-0.1, -0.05) is 11.3 Å². The molecule has 3 nitrogen and oxygen atoms in total. The van der Waals surface area contributed by atoms with Crippen LogP contribution in [0.3, 0.4) is 0 Å². The smallest absolute Gasteiger partial charge is 0.210 e. The quantitative estimate of drug-likeness (QED) is 0.675. The second-order valence-corrected chi connectivity index (χ2v) is 3.88. The molecule has 0 fully saturated rings. The maximum Gasteiger partial charge on any atom is 0.213 e. The summed E-state index contributed by atoms with van der Waals surface area (Å²) >= 11 is 4.85. The molecule has 2 aromatic heterocycles. The number of hydrogen-bond donors (Lipinski definition) is 0. The number of aromatic nitrogens is 3. The third-order valence-electron chi connectivity index (χ3n) is 1.11. The van der Waals surface area contributed by atoms with Crippen LogP contribution in [0, 0.1) is 6.92 Å². The normalized spacial score (nSPS) is 11.0. The lowest BCUT2D eigenvalue weighted by atomic mass is 10.9. The van der Waals surface area contributed by atoms with E-state index in [0.717, 1.165) is 14.6 Å². The molecule has 0 N–H and O–H groups in total. The number of rotatable bonds is 0. The van der Waals surface area contributed by atoms with E-state index in [-0.39, 0.29) is 0 Å². The van der Waals surface area contributed by atoms with E-state index in [1.807, 2.05) is 13.1 Å². The van der Waals surface area contributed by atoms with Gasteiger partial charge in [-0.15, -0.1) is 0 Å². The molecule has 0 radical (unpaired) electrons. The maximum absolute atomic E-state index is 4.18. The highest BCUT2D eigenvalue weighted by Crippen LogP contribution is 2.15. The first kappa shape index (κ1) is 6.30. The van der Waals surface area contributed by atoms with Crippen LogP contribution in [0.2, 0.25) is 0 Å². The molecule has 0 aromatic carbocycles. The fourth-order valence-electron chi connectivity index (χ4n) is 0.773. The molecule has 0 aliphatic heterocycles. The van der Waals surface area contributed by atoms with Crippen molar-refractivity contribution < 1.29 is 0 Å². The maximum atomic E-state index is 4.18. The molecular formula is C5H4BrN3S. The van der Waals surface area contributed by atoms with Crippen LogP contribution < -0.4 is 0 Å². The Morgan fingerprint density at radius 3 is 3.20 bits per heavy atom. The molecule has 2 heterocycles. The monoisotopic (exact) mass is 217 g/mol. The lowest BCUT2D eigenvalue weighted by Gasteiger charge is -1.73. The first-order valence-corrected chi connectivity index (χ1v) is 4.35. The number of hydrogen-bond acceptors (Lipinski definition) is 3. The fraction of sp³-hybridized carbons (Fsp3) is 0.200. The molecule has 10 heavy (non-hydrogen) atoms. The molecule has 0 aliphatic carbocycles. The summed E-state index contributed by atoms with van der Waals surface area (Å²) in [5.41, 5.74) is 0. The zero-order valence-electron chi connectivity index (χ0n) is 5.21. The molecule has 0 atom stereocenters. The topological polar surface area (TPSA) is 30.2 Å². The highest BCUT2D eigenvalue weighted by atomic mass is 79.9. The van der Waals surface area contributed by atoms with Crippen molar-refractivity contribution in [2.75, 3.05) is 0 Å².